The third kappa shape index (κ3) is 3.64. The highest BCUT2D eigenvalue weighted by Gasteiger charge is 2.22. The molecule has 0 aliphatic carbocycles. The zero-order valence-electron chi connectivity index (χ0n) is 11.5. The Morgan fingerprint density at radius 3 is 3.00 bits per heavy atom. The molecule has 2 N–H and O–H groups in total. The summed E-state index contributed by atoms with van der Waals surface area (Å²) in [5.74, 6) is -0.475. The van der Waals surface area contributed by atoms with Crippen LogP contribution in [0.5, 0.6) is 0 Å². The molecule has 0 saturated carbocycles. The van der Waals surface area contributed by atoms with E-state index in [2.05, 4.69) is 34.9 Å². The summed E-state index contributed by atoms with van der Waals surface area (Å²) in [4.78, 5) is 17.3. The fourth-order valence-corrected chi connectivity index (χ4v) is 2.29. The topological polar surface area (TPSA) is 77.0 Å². The number of aromatic nitrogens is 3. The molecule has 6 nitrogen and oxygen atoms in total. The van der Waals surface area contributed by atoms with Gasteiger partial charge in [0.15, 0.2) is 0 Å². The number of primary amides is 1. The van der Waals surface area contributed by atoms with E-state index in [9.17, 15) is 4.79 Å². The second kappa shape index (κ2) is 5.97. The summed E-state index contributed by atoms with van der Waals surface area (Å²) >= 11 is 0. The van der Waals surface area contributed by atoms with E-state index in [0.29, 0.717) is 0 Å². The lowest BCUT2D eigenvalue weighted by Gasteiger charge is -2.31. The quantitative estimate of drug-likeness (QED) is 0.821. The van der Waals surface area contributed by atoms with Crippen LogP contribution in [0.15, 0.2) is 18.0 Å². The van der Waals surface area contributed by atoms with Crippen molar-refractivity contribution in [1.29, 1.82) is 0 Å². The maximum absolute atomic E-state index is 11.0. The normalized spacial score (nSPS) is 20.2. The molecule has 6 heteroatoms. The average Bonchev–Trinajstić information content (AvgIpc) is 2.86. The number of carbonyl (C=O) groups excluding carboxylic acids is 1. The lowest BCUT2D eigenvalue weighted by Crippen LogP contribution is -2.37. The largest absolute Gasteiger partial charge is 0.363 e. The van der Waals surface area contributed by atoms with E-state index < -0.39 is 5.91 Å². The van der Waals surface area contributed by atoms with Crippen LogP contribution in [0.3, 0.4) is 0 Å². The molecule has 2 heterocycles. The van der Waals surface area contributed by atoms with Gasteiger partial charge in [0.2, 0.25) is 5.82 Å². The molecule has 1 fully saturated rings. The maximum atomic E-state index is 11.0. The summed E-state index contributed by atoms with van der Waals surface area (Å²) in [5.41, 5.74) is 6.50. The Morgan fingerprint density at radius 1 is 1.58 bits per heavy atom. The Hall–Kier alpha value is -1.69. The maximum Gasteiger partial charge on any atom is 0.288 e. The van der Waals surface area contributed by atoms with Crippen LogP contribution in [0, 0.1) is 0 Å². The van der Waals surface area contributed by atoms with E-state index in [1.807, 2.05) is 0 Å². The highest BCUT2D eigenvalue weighted by molar-refractivity contribution is 5.88. The summed E-state index contributed by atoms with van der Waals surface area (Å²) < 4.78 is 1.77. The van der Waals surface area contributed by atoms with Crippen LogP contribution >= 0.6 is 0 Å². The number of allylic oxidation sites excluding steroid dienone is 1. The fourth-order valence-electron chi connectivity index (χ4n) is 2.29. The number of amides is 1. The molecule has 1 amide bonds. The molecule has 0 spiro atoms. The number of nitrogens with zero attached hydrogens (tertiary/aromatic N) is 4. The first-order valence-electron chi connectivity index (χ1n) is 6.63. The van der Waals surface area contributed by atoms with Crippen molar-refractivity contribution in [2.75, 3.05) is 19.6 Å². The predicted octanol–water partition coefficient (Wildman–Crippen LogP) is 0.980. The van der Waals surface area contributed by atoms with Gasteiger partial charge in [0.25, 0.3) is 5.91 Å². The first-order chi connectivity index (χ1) is 9.06. The molecular formula is C13H21N5O. The molecule has 1 unspecified atom stereocenters. The van der Waals surface area contributed by atoms with Crippen LogP contribution in [0.4, 0.5) is 0 Å². The molecule has 1 atom stereocenters. The van der Waals surface area contributed by atoms with Crippen molar-refractivity contribution in [3.63, 3.8) is 0 Å². The number of carbonyl (C=O) groups is 1. The lowest BCUT2D eigenvalue weighted by molar-refractivity contribution is 0.0989. The van der Waals surface area contributed by atoms with Crippen LogP contribution in [0.2, 0.25) is 0 Å². The standard InChI is InChI=1S/C13H21N5O/c1-10(2)5-7-17-6-3-4-11(8-17)18-9-15-13(16-18)12(14)19/h5,9,11H,3-4,6-8H2,1-2H3,(H2,14,19). The van der Waals surface area contributed by atoms with Crippen molar-refractivity contribution in [2.45, 2.75) is 32.7 Å². The van der Waals surface area contributed by atoms with Gasteiger partial charge >= 0.3 is 0 Å². The van der Waals surface area contributed by atoms with Gasteiger partial charge in [-0.2, -0.15) is 0 Å². The van der Waals surface area contributed by atoms with Crippen molar-refractivity contribution in [3.8, 4) is 0 Å². The van der Waals surface area contributed by atoms with Crippen LogP contribution in [-0.4, -0.2) is 45.2 Å². The van der Waals surface area contributed by atoms with Crippen molar-refractivity contribution in [1.82, 2.24) is 19.7 Å². The predicted molar refractivity (Wildman–Crippen MR) is 72.7 cm³/mol. The van der Waals surface area contributed by atoms with Crippen molar-refractivity contribution < 1.29 is 4.79 Å². The molecule has 2 rings (SSSR count). The van der Waals surface area contributed by atoms with Crippen molar-refractivity contribution >= 4 is 5.91 Å². The van der Waals surface area contributed by atoms with E-state index in [1.165, 1.54) is 5.57 Å². The highest BCUT2D eigenvalue weighted by Crippen LogP contribution is 2.20. The third-order valence-corrected chi connectivity index (χ3v) is 3.34. The van der Waals surface area contributed by atoms with Crippen molar-refractivity contribution in [3.05, 3.63) is 23.8 Å². The number of hydrogen-bond donors (Lipinski definition) is 1. The van der Waals surface area contributed by atoms with Gasteiger partial charge in [0.1, 0.15) is 6.33 Å². The molecular weight excluding hydrogens is 242 g/mol. The fraction of sp³-hybridized carbons (Fsp3) is 0.615. The molecule has 1 aliphatic rings. The Kier molecular flexibility index (Phi) is 4.31. The average molecular weight is 263 g/mol. The number of hydrogen-bond acceptors (Lipinski definition) is 4. The highest BCUT2D eigenvalue weighted by atomic mass is 16.1. The SMILES string of the molecule is CC(C)=CCN1CCCC(n2cnc(C(N)=O)n2)C1. The summed E-state index contributed by atoms with van der Waals surface area (Å²) in [5, 5.41) is 4.15. The number of rotatable bonds is 4. The third-order valence-electron chi connectivity index (χ3n) is 3.34. The van der Waals surface area contributed by atoms with Crippen molar-refractivity contribution in [2.24, 2.45) is 5.73 Å². The molecule has 104 valence electrons. The minimum Gasteiger partial charge on any atom is -0.363 e. The second-order valence-electron chi connectivity index (χ2n) is 5.25. The Bertz CT molecular complexity index is 475. The minimum absolute atomic E-state index is 0.0985. The van der Waals surface area contributed by atoms with E-state index in [4.69, 9.17) is 5.73 Å². The molecule has 1 aromatic rings. The molecule has 0 bridgehead atoms. The first kappa shape index (κ1) is 13.7. The van der Waals surface area contributed by atoms with E-state index in [0.717, 1.165) is 32.5 Å². The molecule has 1 aromatic heterocycles. The van der Waals surface area contributed by atoms with E-state index in [1.54, 1.807) is 11.0 Å². The lowest BCUT2D eigenvalue weighted by atomic mass is 10.1. The monoisotopic (exact) mass is 263 g/mol. The van der Waals surface area contributed by atoms with Gasteiger partial charge in [0, 0.05) is 13.1 Å². The second-order valence-corrected chi connectivity index (χ2v) is 5.25. The molecule has 1 saturated heterocycles. The van der Waals surface area contributed by atoms with Gasteiger partial charge in [-0.15, -0.1) is 5.10 Å². The number of likely N-dealkylation sites (tertiary alicyclic amines) is 1. The van der Waals surface area contributed by atoms with Gasteiger partial charge in [0.05, 0.1) is 6.04 Å². The zero-order valence-corrected chi connectivity index (χ0v) is 11.5. The van der Waals surface area contributed by atoms with E-state index >= 15 is 0 Å². The molecule has 0 aromatic carbocycles. The zero-order chi connectivity index (χ0) is 13.8. The Labute approximate surface area is 113 Å². The van der Waals surface area contributed by atoms with Crippen LogP contribution in [0.25, 0.3) is 0 Å². The summed E-state index contributed by atoms with van der Waals surface area (Å²) in [6.07, 6.45) is 6.04. The summed E-state index contributed by atoms with van der Waals surface area (Å²) in [7, 11) is 0. The molecule has 1 aliphatic heterocycles. The minimum atomic E-state index is -0.573. The van der Waals surface area contributed by atoms with Gasteiger partial charge in [-0.25, -0.2) is 9.67 Å². The van der Waals surface area contributed by atoms with Gasteiger partial charge in [-0.3, -0.25) is 9.69 Å². The van der Waals surface area contributed by atoms with Crippen LogP contribution in [0.1, 0.15) is 43.3 Å². The first-order valence-corrected chi connectivity index (χ1v) is 6.63. The summed E-state index contributed by atoms with van der Waals surface area (Å²) in [6, 6.07) is 0.278. The number of nitrogens with two attached hydrogens (primary N) is 1. The van der Waals surface area contributed by atoms with Gasteiger partial charge in [-0.05, 0) is 33.2 Å². The summed E-state index contributed by atoms with van der Waals surface area (Å²) in [6.45, 7) is 7.23. The van der Waals surface area contributed by atoms with Gasteiger partial charge in [-0.1, -0.05) is 11.6 Å². The van der Waals surface area contributed by atoms with Crippen LogP contribution in [-0.2, 0) is 0 Å². The van der Waals surface area contributed by atoms with Gasteiger partial charge < -0.3 is 5.73 Å². The van der Waals surface area contributed by atoms with Crippen LogP contribution < -0.4 is 5.73 Å². The molecule has 19 heavy (non-hydrogen) atoms. The smallest absolute Gasteiger partial charge is 0.288 e. The number of piperidine rings is 1. The Morgan fingerprint density at radius 2 is 2.37 bits per heavy atom. The van der Waals surface area contributed by atoms with E-state index in [-0.39, 0.29) is 11.9 Å². The Balaban J connectivity index is 2.00. The molecule has 0 radical (unpaired) electrons.